The Hall–Kier alpha value is -2.89. The van der Waals surface area contributed by atoms with Gasteiger partial charge in [-0.25, -0.2) is 0 Å². The number of rotatable bonds is 9. The van der Waals surface area contributed by atoms with E-state index in [0.29, 0.717) is 48.1 Å². The van der Waals surface area contributed by atoms with Crippen molar-refractivity contribution in [2.45, 2.75) is 19.8 Å². The highest BCUT2D eigenvalue weighted by atomic mass is 16.5. The van der Waals surface area contributed by atoms with Gasteiger partial charge in [0.05, 0.1) is 26.5 Å². The van der Waals surface area contributed by atoms with Crippen molar-refractivity contribution >= 4 is 11.6 Å². The van der Waals surface area contributed by atoms with Gasteiger partial charge in [-0.3, -0.25) is 4.79 Å². The number of anilines is 1. The van der Waals surface area contributed by atoms with Gasteiger partial charge in [0.25, 0.3) is 5.91 Å². The Balaban J connectivity index is 1.91. The second-order valence-corrected chi connectivity index (χ2v) is 5.80. The highest BCUT2D eigenvalue weighted by Crippen LogP contribution is 2.27. The number of nitrogens with one attached hydrogen (secondary N) is 1. The summed E-state index contributed by atoms with van der Waals surface area (Å²) in [5.41, 5.74) is 7.97. The predicted octanol–water partition coefficient (Wildman–Crippen LogP) is 3.05. The Morgan fingerprint density at radius 1 is 1.04 bits per heavy atom. The van der Waals surface area contributed by atoms with E-state index >= 15 is 0 Å². The van der Waals surface area contributed by atoms with Gasteiger partial charge in [-0.05, 0) is 48.7 Å². The lowest BCUT2D eigenvalue weighted by Crippen LogP contribution is -2.25. The van der Waals surface area contributed by atoms with Gasteiger partial charge < -0.3 is 25.3 Å². The van der Waals surface area contributed by atoms with Crippen molar-refractivity contribution in [2.24, 2.45) is 0 Å². The van der Waals surface area contributed by atoms with Gasteiger partial charge in [0, 0.05) is 12.1 Å². The van der Waals surface area contributed by atoms with Crippen LogP contribution in [-0.4, -0.2) is 33.3 Å². The second kappa shape index (κ2) is 9.56. The number of hydrogen-bond acceptors (Lipinski definition) is 5. The summed E-state index contributed by atoms with van der Waals surface area (Å²) in [4.78, 5) is 12.3. The van der Waals surface area contributed by atoms with Crippen molar-refractivity contribution in [2.75, 3.05) is 33.1 Å². The number of carbonyl (C=O) groups excluding carboxylic acids is 1. The van der Waals surface area contributed by atoms with Gasteiger partial charge in [-0.1, -0.05) is 13.0 Å². The molecule has 26 heavy (non-hydrogen) atoms. The molecule has 0 saturated carbocycles. The van der Waals surface area contributed by atoms with Gasteiger partial charge in [-0.15, -0.1) is 0 Å². The molecule has 2 aromatic carbocycles. The molecule has 0 aliphatic heterocycles. The topological polar surface area (TPSA) is 82.8 Å². The van der Waals surface area contributed by atoms with Crippen LogP contribution in [-0.2, 0) is 6.42 Å². The van der Waals surface area contributed by atoms with Crippen molar-refractivity contribution in [3.05, 3.63) is 47.5 Å². The zero-order valence-electron chi connectivity index (χ0n) is 15.5. The van der Waals surface area contributed by atoms with E-state index in [1.165, 1.54) is 0 Å². The molecular formula is C20H26N2O4. The molecular weight excluding hydrogens is 332 g/mol. The van der Waals surface area contributed by atoms with E-state index in [0.717, 1.165) is 12.0 Å². The number of carbonyl (C=O) groups is 1. The van der Waals surface area contributed by atoms with Crippen LogP contribution in [0, 0.1) is 0 Å². The van der Waals surface area contributed by atoms with Crippen LogP contribution in [0.15, 0.2) is 36.4 Å². The highest BCUT2D eigenvalue weighted by molar-refractivity contribution is 5.95. The zero-order chi connectivity index (χ0) is 18.9. The number of ether oxygens (including phenoxy) is 3. The van der Waals surface area contributed by atoms with Gasteiger partial charge in [-0.2, -0.15) is 0 Å². The average molecular weight is 358 g/mol. The van der Waals surface area contributed by atoms with Crippen LogP contribution in [0.3, 0.4) is 0 Å². The number of amides is 1. The largest absolute Gasteiger partial charge is 0.493 e. The number of benzene rings is 2. The molecule has 0 aliphatic rings. The Morgan fingerprint density at radius 2 is 1.77 bits per heavy atom. The summed E-state index contributed by atoms with van der Waals surface area (Å²) < 4.78 is 16.0. The van der Waals surface area contributed by atoms with Crippen molar-refractivity contribution in [3.8, 4) is 17.2 Å². The highest BCUT2D eigenvalue weighted by Gasteiger charge is 2.09. The lowest BCUT2D eigenvalue weighted by atomic mass is 10.1. The molecule has 3 N–H and O–H groups in total. The van der Waals surface area contributed by atoms with E-state index < -0.39 is 0 Å². The van der Waals surface area contributed by atoms with E-state index in [9.17, 15) is 4.79 Å². The van der Waals surface area contributed by atoms with Gasteiger partial charge in [0.1, 0.15) is 5.75 Å². The molecule has 1 amide bonds. The van der Waals surface area contributed by atoms with Gasteiger partial charge in [0.15, 0.2) is 11.5 Å². The molecule has 2 aromatic rings. The minimum atomic E-state index is -0.167. The first-order valence-electron chi connectivity index (χ1n) is 8.60. The maximum Gasteiger partial charge on any atom is 0.251 e. The Bertz CT molecular complexity index is 747. The first-order valence-corrected chi connectivity index (χ1v) is 8.60. The summed E-state index contributed by atoms with van der Waals surface area (Å²) in [6.45, 7) is 3.12. The second-order valence-electron chi connectivity index (χ2n) is 5.80. The number of methoxy groups -OCH3 is 2. The Labute approximate surface area is 154 Å². The fraction of sp³-hybridized carbons (Fsp3) is 0.350. The number of hydrogen-bond donors (Lipinski definition) is 2. The first kappa shape index (κ1) is 19.4. The molecule has 0 saturated heterocycles. The summed E-state index contributed by atoms with van der Waals surface area (Å²) in [5.74, 6) is 1.79. The summed E-state index contributed by atoms with van der Waals surface area (Å²) in [6, 6.07) is 10.8. The molecule has 0 radical (unpaired) electrons. The SMILES string of the molecule is CCCOc1ccc(C(=O)NCCc2ccc(OC)c(OC)c2)cc1N. The minimum Gasteiger partial charge on any atom is -0.493 e. The van der Waals surface area contributed by atoms with Gasteiger partial charge >= 0.3 is 0 Å². The van der Waals surface area contributed by atoms with Crippen LogP contribution in [0.1, 0.15) is 29.3 Å². The lowest BCUT2D eigenvalue weighted by Gasteiger charge is -2.11. The molecule has 0 aromatic heterocycles. The Kier molecular flexibility index (Phi) is 7.14. The van der Waals surface area contributed by atoms with Crippen molar-refractivity contribution in [1.82, 2.24) is 5.32 Å². The summed E-state index contributed by atoms with van der Waals surface area (Å²) in [7, 11) is 3.20. The van der Waals surface area contributed by atoms with E-state index in [-0.39, 0.29) is 5.91 Å². The first-order chi connectivity index (χ1) is 12.6. The molecule has 0 aliphatic carbocycles. The standard InChI is InChI=1S/C20H26N2O4/c1-4-11-26-17-8-6-15(13-16(17)21)20(23)22-10-9-14-5-7-18(24-2)19(12-14)25-3/h5-8,12-13H,4,9-11,21H2,1-3H3,(H,22,23). The van der Waals surface area contributed by atoms with Crippen LogP contribution in [0.4, 0.5) is 5.69 Å². The van der Waals surface area contributed by atoms with E-state index in [1.54, 1.807) is 32.4 Å². The average Bonchev–Trinajstić information content (AvgIpc) is 2.66. The minimum absolute atomic E-state index is 0.167. The van der Waals surface area contributed by atoms with Crippen LogP contribution in [0.2, 0.25) is 0 Å². The number of nitrogens with two attached hydrogens (primary N) is 1. The lowest BCUT2D eigenvalue weighted by molar-refractivity contribution is 0.0954. The summed E-state index contributed by atoms with van der Waals surface area (Å²) in [5, 5.41) is 2.90. The third kappa shape index (κ3) is 5.05. The molecule has 6 nitrogen and oxygen atoms in total. The molecule has 140 valence electrons. The Morgan fingerprint density at radius 3 is 2.42 bits per heavy atom. The van der Waals surface area contributed by atoms with Crippen molar-refractivity contribution < 1.29 is 19.0 Å². The van der Waals surface area contributed by atoms with Crippen LogP contribution in [0.25, 0.3) is 0 Å². The fourth-order valence-corrected chi connectivity index (χ4v) is 2.49. The molecule has 0 heterocycles. The molecule has 0 spiro atoms. The molecule has 2 rings (SSSR count). The summed E-state index contributed by atoms with van der Waals surface area (Å²) >= 11 is 0. The summed E-state index contributed by atoms with van der Waals surface area (Å²) in [6.07, 6.45) is 1.58. The predicted molar refractivity (Wildman–Crippen MR) is 102 cm³/mol. The van der Waals surface area contributed by atoms with Crippen LogP contribution >= 0.6 is 0 Å². The normalized spacial score (nSPS) is 10.3. The van der Waals surface area contributed by atoms with Crippen molar-refractivity contribution in [3.63, 3.8) is 0 Å². The molecule has 0 atom stereocenters. The zero-order valence-corrected chi connectivity index (χ0v) is 15.5. The van der Waals surface area contributed by atoms with E-state index in [4.69, 9.17) is 19.9 Å². The quantitative estimate of drug-likeness (QED) is 0.673. The maximum atomic E-state index is 12.3. The van der Waals surface area contributed by atoms with Crippen molar-refractivity contribution in [1.29, 1.82) is 0 Å². The third-order valence-corrected chi connectivity index (χ3v) is 3.88. The monoisotopic (exact) mass is 358 g/mol. The van der Waals surface area contributed by atoms with Crippen LogP contribution in [0.5, 0.6) is 17.2 Å². The molecule has 6 heteroatoms. The third-order valence-electron chi connectivity index (χ3n) is 3.88. The molecule has 0 bridgehead atoms. The molecule has 0 fully saturated rings. The van der Waals surface area contributed by atoms with E-state index in [1.807, 2.05) is 25.1 Å². The number of nitrogen functional groups attached to an aromatic ring is 1. The smallest absolute Gasteiger partial charge is 0.251 e. The maximum absolute atomic E-state index is 12.3. The van der Waals surface area contributed by atoms with E-state index in [2.05, 4.69) is 5.32 Å². The fourth-order valence-electron chi connectivity index (χ4n) is 2.49. The molecule has 0 unspecified atom stereocenters. The van der Waals surface area contributed by atoms with Crippen LogP contribution < -0.4 is 25.3 Å². The van der Waals surface area contributed by atoms with Gasteiger partial charge in [0.2, 0.25) is 0 Å².